The molecule has 13 rings (SSSR count). The molecule has 0 aliphatic heterocycles. The van der Waals surface area contributed by atoms with E-state index in [1.54, 1.807) is 11.3 Å². The summed E-state index contributed by atoms with van der Waals surface area (Å²) in [6.07, 6.45) is 0. The largest absolute Gasteiger partial charge is 0.456 e. The third kappa shape index (κ3) is 6.15. The molecule has 0 radical (unpaired) electrons. The maximum atomic E-state index is 6.55. The first kappa shape index (κ1) is 37.6. The number of rotatable bonds is 6. The lowest BCUT2D eigenvalue weighted by Gasteiger charge is -2.22. The molecule has 12 aromatic rings. The molecule has 4 nitrogen and oxygen atoms in total. The van der Waals surface area contributed by atoms with E-state index in [9.17, 15) is 0 Å². The summed E-state index contributed by atoms with van der Waals surface area (Å²) in [5, 5.41) is 4.42. The zero-order valence-electron chi connectivity index (χ0n) is 35.7. The van der Waals surface area contributed by atoms with Crippen molar-refractivity contribution in [3.63, 3.8) is 0 Å². The van der Waals surface area contributed by atoms with Crippen LogP contribution in [0.5, 0.6) is 0 Å². The summed E-state index contributed by atoms with van der Waals surface area (Å²) < 4.78 is 9.05. The summed E-state index contributed by atoms with van der Waals surface area (Å²) in [6, 6.07) is 71.4. The highest BCUT2D eigenvalue weighted by molar-refractivity contribution is 7.25. The lowest BCUT2D eigenvalue weighted by atomic mass is 9.81. The van der Waals surface area contributed by atoms with Crippen LogP contribution in [0.4, 0.5) is 0 Å². The van der Waals surface area contributed by atoms with Crippen molar-refractivity contribution in [2.75, 3.05) is 0 Å². The average molecular weight is 850 g/mol. The van der Waals surface area contributed by atoms with E-state index in [0.29, 0.717) is 17.5 Å². The highest BCUT2D eigenvalue weighted by Gasteiger charge is 2.35. The molecule has 3 heterocycles. The Balaban J connectivity index is 0.913. The second kappa shape index (κ2) is 14.5. The van der Waals surface area contributed by atoms with Gasteiger partial charge in [0.05, 0.1) is 0 Å². The number of hydrogen-bond acceptors (Lipinski definition) is 5. The van der Waals surface area contributed by atoms with Crippen LogP contribution < -0.4 is 0 Å². The summed E-state index contributed by atoms with van der Waals surface area (Å²) in [4.78, 5) is 15.7. The minimum atomic E-state index is -0.0458. The van der Waals surface area contributed by atoms with Crippen molar-refractivity contribution < 1.29 is 4.42 Å². The normalized spacial score (nSPS) is 12.9. The highest BCUT2D eigenvalue weighted by Crippen LogP contribution is 2.50. The summed E-state index contributed by atoms with van der Waals surface area (Å²) in [6.45, 7) is 4.67. The molecule has 9 aromatic carbocycles. The van der Waals surface area contributed by atoms with Crippen LogP contribution in [0.1, 0.15) is 25.0 Å². The maximum absolute atomic E-state index is 6.55. The predicted octanol–water partition coefficient (Wildman–Crippen LogP) is 16.4. The molecule has 0 N–H and O–H groups in total. The molecular weight excluding hydrogens is 811 g/mol. The molecule has 0 saturated carbocycles. The minimum absolute atomic E-state index is 0.0458. The van der Waals surface area contributed by atoms with E-state index in [-0.39, 0.29) is 5.41 Å². The Hall–Kier alpha value is -7.99. The second-order valence-corrected chi connectivity index (χ2v) is 18.6. The van der Waals surface area contributed by atoms with Crippen LogP contribution in [0.25, 0.3) is 121 Å². The molecule has 0 atom stereocenters. The van der Waals surface area contributed by atoms with E-state index in [1.807, 2.05) is 18.2 Å². The molecule has 0 spiro atoms. The molecule has 0 fully saturated rings. The van der Waals surface area contributed by atoms with E-state index >= 15 is 0 Å². The predicted molar refractivity (Wildman–Crippen MR) is 270 cm³/mol. The van der Waals surface area contributed by atoms with Gasteiger partial charge >= 0.3 is 0 Å². The molecule has 0 unspecified atom stereocenters. The summed E-state index contributed by atoms with van der Waals surface area (Å²) >= 11 is 1.81. The van der Waals surface area contributed by atoms with Gasteiger partial charge in [-0.25, -0.2) is 15.0 Å². The van der Waals surface area contributed by atoms with Gasteiger partial charge in [-0.15, -0.1) is 11.3 Å². The van der Waals surface area contributed by atoms with Gasteiger partial charge in [0.15, 0.2) is 17.5 Å². The Kier molecular flexibility index (Phi) is 8.39. The number of aromatic nitrogens is 3. The van der Waals surface area contributed by atoms with Crippen LogP contribution in [0.15, 0.2) is 205 Å². The van der Waals surface area contributed by atoms with Crippen molar-refractivity contribution >= 4 is 53.4 Å². The van der Waals surface area contributed by atoms with E-state index < -0.39 is 0 Å². The van der Waals surface area contributed by atoms with Gasteiger partial charge in [-0.2, -0.15) is 0 Å². The molecular formula is C60H39N3OS. The minimum Gasteiger partial charge on any atom is -0.456 e. The molecule has 1 aliphatic carbocycles. The SMILES string of the molecule is CC1(C)c2ccccc2-c2ccc(-c3ccc(-c4ccc5oc6cccc(-c7nc(-c8ccc(-c9ccccc9)cc8)nc(-c8ccc9sc%10ccccc%10c9c8)n7)c6c5c4)cc3)cc21. The number of nitrogens with zero attached hydrogens (tertiary/aromatic N) is 3. The Labute approximate surface area is 380 Å². The molecule has 0 amide bonds. The molecule has 5 heteroatoms. The van der Waals surface area contributed by atoms with E-state index in [4.69, 9.17) is 19.4 Å². The van der Waals surface area contributed by atoms with Gasteiger partial charge in [0.25, 0.3) is 0 Å². The number of benzene rings is 9. The molecule has 3 aromatic heterocycles. The van der Waals surface area contributed by atoms with Crippen molar-refractivity contribution in [1.82, 2.24) is 15.0 Å². The third-order valence-corrected chi connectivity index (χ3v) is 14.5. The van der Waals surface area contributed by atoms with Gasteiger partial charge in [0.2, 0.25) is 0 Å². The molecule has 306 valence electrons. The number of thiophene rings is 1. The number of furan rings is 1. The van der Waals surface area contributed by atoms with E-state index in [0.717, 1.165) is 60.9 Å². The lowest BCUT2D eigenvalue weighted by molar-refractivity contribution is 0.660. The van der Waals surface area contributed by atoms with Gasteiger partial charge in [-0.1, -0.05) is 166 Å². The number of hydrogen-bond donors (Lipinski definition) is 0. The summed E-state index contributed by atoms with van der Waals surface area (Å²) in [7, 11) is 0. The van der Waals surface area contributed by atoms with Crippen LogP contribution in [-0.2, 0) is 5.41 Å². The first-order chi connectivity index (χ1) is 31.9. The van der Waals surface area contributed by atoms with Crippen molar-refractivity contribution in [3.8, 4) is 78.7 Å². The van der Waals surface area contributed by atoms with Crippen molar-refractivity contribution in [3.05, 3.63) is 211 Å². The van der Waals surface area contributed by atoms with Crippen LogP contribution >= 0.6 is 11.3 Å². The second-order valence-electron chi connectivity index (χ2n) is 17.6. The maximum Gasteiger partial charge on any atom is 0.164 e. The summed E-state index contributed by atoms with van der Waals surface area (Å²) in [5.74, 6) is 1.83. The Morgan fingerprint density at radius 2 is 0.908 bits per heavy atom. The fraction of sp³-hybridized carbons (Fsp3) is 0.0500. The first-order valence-electron chi connectivity index (χ1n) is 22.1. The van der Waals surface area contributed by atoms with Gasteiger partial charge in [-0.05, 0) is 104 Å². The third-order valence-electron chi connectivity index (χ3n) is 13.4. The first-order valence-corrected chi connectivity index (χ1v) is 22.9. The van der Waals surface area contributed by atoms with Crippen LogP contribution in [0.2, 0.25) is 0 Å². The van der Waals surface area contributed by atoms with Crippen LogP contribution in [-0.4, -0.2) is 15.0 Å². The zero-order chi connectivity index (χ0) is 43.2. The molecule has 1 aliphatic rings. The van der Waals surface area contributed by atoms with Crippen molar-refractivity contribution in [1.29, 1.82) is 0 Å². The zero-order valence-corrected chi connectivity index (χ0v) is 36.5. The van der Waals surface area contributed by atoms with E-state index in [2.05, 4.69) is 196 Å². The van der Waals surface area contributed by atoms with Crippen LogP contribution in [0, 0.1) is 0 Å². The standard InChI is InChI=1S/C60H39N3OS/c1-60(2)50-16-8-6-13-44(50)45-30-27-42(35-51(45)60)39-21-19-38(20-22-39)41-28-31-52-49(33-41)56-47(15-10-17-53(56)64-52)59-62-57(40-25-23-37(24-26-40)36-11-4-3-5-12-36)61-58(63-59)43-29-32-55-48(34-43)46-14-7-9-18-54(46)65-55/h3-35H,1-2H3. The quantitative estimate of drug-likeness (QED) is 0.167. The molecule has 0 bridgehead atoms. The Morgan fingerprint density at radius 1 is 0.354 bits per heavy atom. The smallest absolute Gasteiger partial charge is 0.164 e. The van der Waals surface area contributed by atoms with Crippen molar-refractivity contribution in [2.45, 2.75) is 19.3 Å². The number of fused-ring (bicyclic) bond motifs is 9. The van der Waals surface area contributed by atoms with Gasteiger partial charge in [0, 0.05) is 53.1 Å². The topological polar surface area (TPSA) is 51.8 Å². The lowest BCUT2D eigenvalue weighted by Crippen LogP contribution is -2.14. The Morgan fingerprint density at radius 3 is 1.72 bits per heavy atom. The van der Waals surface area contributed by atoms with Gasteiger partial charge < -0.3 is 4.42 Å². The van der Waals surface area contributed by atoms with E-state index in [1.165, 1.54) is 53.6 Å². The Bertz CT molecular complexity index is 3840. The monoisotopic (exact) mass is 849 g/mol. The highest BCUT2D eigenvalue weighted by atomic mass is 32.1. The fourth-order valence-corrected chi connectivity index (χ4v) is 11.1. The van der Waals surface area contributed by atoms with Gasteiger partial charge in [0.1, 0.15) is 11.2 Å². The van der Waals surface area contributed by atoms with Gasteiger partial charge in [-0.3, -0.25) is 0 Å². The molecule has 0 saturated heterocycles. The van der Waals surface area contributed by atoms with Crippen molar-refractivity contribution in [2.24, 2.45) is 0 Å². The summed E-state index contributed by atoms with van der Waals surface area (Å²) in [5.41, 5.74) is 16.7. The fourth-order valence-electron chi connectivity index (χ4n) is 9.99. The molecule has 65 heavy (non-hydrogen) atoms. The average Bonchev–Trinajstić information content (AvgIpc) is 4.01. The van der Waals surface area contributed by atoms with Crippen LogP contribution in [0.3, 0.4) is 0 Å².